The van der Waals surface area contributed by atoms with Gasteiger partial charge in [-0.3, -0.25) is 5.32 Å². The number of aromatic nitrogens is 1. The van der Waals surface area contributed by atoms with Crippen LogP contribution in [0.1, 0.15) is 6.92 Å². The van der Waals surface area contributed by atoms with Gasteiger partial charge in [0.05, 0.1) is 6.61 Å². The van der Waals surface area contributed by atoms with E-state index in [0.29, 0.717) is 18.1 Å². The molecule has 0 atom stereocenters. The molecular formula is C8H11N3O2. The molecule has 1 aromatic heterocycles. The van der Waals surface area contributed by atoms with Crippen molar-refractivity contribution < 1.29 is 9.53 Å². The van der Waals surface area contributed by atoms with Crippen molar-refractivity contribution in [3.05, 3.63) is 18.3 Å². The van der Waals surface area contributed by atoms with Gasteiger partial charge in [0, 0.05) is 18.0 Å². The van der Waals surface area contributed by atoms with Crippen LogP contribution in [0, 0.1) is 0 Å². The smallest absolute Gasteiger partial charge is 0.412 e. The van der Waals surface area contributed by atoms with Gasteiger partial charge in [-0.15, -0.1) is 0 Å². The normalized spacial score (nSPS) is 9.31. The van der Waals surface area contributed by atoms with Gasteiger partial charge in [0.15, 0.2) is 0 Å². The summed E-state index contributed by atoms with van der Waals surface area (Å²) >= 11 is 0. The van der Waals surface area contributed by atoms with E-state index >= 15 is 0 Å². The Kier molecular flexibility index (Phi) is 3.08. The predicted octanol–water partition coefficient (Wildman–Crippen LogP) is 1.23. The highest BCUT2D eigenvalue weighted by atomic mass is 16.5. The van der Waals surface area contributed by atoms with E-state index in [9.17, 15) is 4.79 Å². The van der Waals surface area contributed by atoms with E-state index < -0.39 is 6.09 Å². The van der Waals surface area contributed by atoms with Crippen molar-refractivity contribution in [3.63, 3.8) is 0 Å². The number of hydrogen-bond donors (Lipinski definition) is 2. The van der Waals surface area contributed by atoms with Crippen LogP contribution in [0.4, 0.5) is 16.3 Å². The monoisotopic (exact) mass is 181 g/mol. The van der Waals surface area contributed by atoms with Gasteiger partial charge < -0.3 is 10.5 Å². The maximum absolute atomic E-state index is 10.9. The first-order valence-corrected chi connectivity index (χ1v) is 3.87. The number of ether oxygens (including phenoxy) is 1. The number of anilines is 2. The third kappa shape index (κ3) is 2.98. The molecule has 0 bridgehead atoms. The van der Waals surface area contributed by atoms with Gasteiger partial charge in [-0.1, -0.05) is 0 Å². The molecule has 0 spiro atoms. The summed E-state index contributed by atoms with van der Waals surface area (Å²) in [6.45, 7) is 2.06. The zero-order valence-corrected chi connectivity index (χ0v) is 7.28. The summed E-state index contributed by atoms with van der Waals surface area (Å²) in [6.07, 6.45) is 0.984. The number of nitrogens with zero attached hydrogens (tertiary/aromatic N) is 1. The quantitative estimate of drug-likeness (QED) is 0.719. The lowest BCUT2D eigenvalue weighted by Crippen LogP contribution is -2.14. The minimum atomic E-state index is -0.527. The molecule has 0 fully saturated rings. The molecule has 0 aromatic carbocycles. The topological polar surface area (TPSA) is 77.2 Å². The molecule has 13 heavy (non-hydrogen) atoms. The van der Waals surface area contributed by atoms with E-state index in [1.165, 1.54) is 6.20 Å². The van der Waals surface area contributed by atoms with Gasteiger partial charge >= 0.3 is 6.09 Å². The van der Waals surface area contributed by atoms with Gasteiger partial charge in [-0.2, -0.15) is 0 Å². The fourth-order valence-electron chi connectivity index (χ4n) is 0.787. The molecule has 0 radical (unpaired) electrons. The highest BCUT2D eigenvalue weighted by Crippen LogP contribution is 2.07. The van der Waals surface area contributed by atoms with Crippen LogP contribution >= 0.6 is 0 Å². The third-order valence-electron chi connectivity index (χ3n) is 1.29. The van der Waals surface area contributed by atoms with Gasteiger partial charge in [0.1, 0.15) is 5.82 Å². The number of nitrogens with two attached hydrogens (primary N) is 1. The Labute approximate surface area is 75.9 Å². The summed E-state index contributed by atoms with van der Waals surface area (Å²) in [5, 5.41) is 2.43. The van der Waals surface area contributed by atoms with Crippen molar-refractivity contribution in [2.45, 2.75) is 6.92 Å². The van der Waals surface area contributed by atoms with Crippen LogP contribution in [0.2, 0.25) is 0 Å². The average molecular weight is 181 g/mol. The minimum absolute atomic E-state index is 0.328. The number of nitrogens with one attached hydrogen (secondary N) is 1. The van der Waals surface area contributed by atoms with E-state index in [1.54, 1.807) is 19.1 Å². The Morgan fingerprint density at radius 2 is 2.54 bits per heavy atom. The molecule has 0 unspecified atom stereocenters. The van der Waals surface area contributed by atoms with Crippen molar-refractivity contribution in [3.8, 4) is 0 Å². The van der Waals surface area contributed by atoms with Gasteiger partial charge in [0.2, 0.25) is 0 Å². The molecule has 1 heterocycles. The summed E-state index contributed by atoms with van der Waals surface area (Å²) in [7, 11) is 0. The number of hydrogen-bond acceptors (Lipinski definition) is 4. The Bertz CT molecular complexity index is 301. The standard InChI is InChI=1S/C8H11N3O2/c1-2-13-8(12)11-7-5-6(9)3-4-10-7/h3-5H,2H2,1H3,(H3,9,10,11,12). The van der Waals surface area contributed by atoms with Crippen molar-refractivity contribution in [1.82, 2.24) is 4.98 Å². The zero-order chi connectivity index (χ0) is 9.68. The Morgan fingerprint density at radius 3 is 3.15 bits per heavy atom. The molecule has 5 heteroatoms. The van der Waals surface area contributed by atoms with Crippen LogP contribution in [0.25, 0.3) is 0 Å². The molecule has 1 aromatic rings. The van der Waals surface area contributed by atoms with E-state index in [2.05, 4.69) is 15.0 Å². The van der Waals surface area contributed by atoms with Crippen molar-refractivity contribution in [1.29, 1.82) is 0 Å². The number of nitrogen functional groups attached to an aromatic ring is 1. The maximum atomic E-state index is 10.9. The summed E-state index contributed by atoms with van der Waals surface area (Å²) in [4.78, 5) is 14.8. The fraction of sp³-hybridized carbons (Fsp3) is 0.250. The first kappa shape index (κ1) is 9.31. The Hall–Kier alpha value is -1.78. The fourth-order valence-corrected chi connectivity index (χ4v) is 0.787. The number of rotatable bonds is 2. The van der Waals surface area contributed by atoms with Crippen LogP contribution in [-0.4, -0.2) is 17.7 Å². The molecule has 0 aliphatic carbocycles. The molecule has 0 aliphatic rings. The molecule has 1 rings (SSSR count). The van der Waals surface area contributed by atoms with Gasteiger partial charge in [-0.25, -0.2) is 9.78 Å². The van der Waals surface area contributed by atoms with Crippen LogP contribution in [0.15, 0.2) is 18.3 Å². The predicted molar refractivity (Wildman–Crippen MR) is 49.3 cm³/mol. The molecule has 0 saturated carbocycles. The van der Waals surface area contributed by atoms with Gasteiger partial charge in [-0.05, 0) is 13.0 Å². The van der Waals surface area contributed by atoms with E-state index in [4.69, 9.17) is 5.73 Å². The second kappa shape index (κ2) is 4.30. The Morgan fingerprint density at radius 1 is 1.77 bits per heavy atom. The first-order chi connectivity index (χ1) is 6.22. The number of amides is 1. The largest absolute Gasteiger partial charge is 0.450 e. The number of carbonyl (C=O) groups is 1. The summed E-state index contributed by atoms with van der Waals surface area (Å²) < 4.78 is 4.65. The third-order valence-corrected chi connectivity index (χ3v) is 1.29. The van der Waals surface area contributed by atoms with Gasteiger partial charge in [0.25, 0.3) is 0 Å². The molecule has 3 N–H and O–H groups in total. The lowest BCUT2D eigenvalue weighted by molar-refractivity contribution is 0.168. The second-order valence-electron chi connectivity index (χ2n) is 2.32. The summed E-state index contributed by atoms with van der Waals surface area (Å²) in [5.74, 6) is 0.387. The van der Waals surface area contributed by atoms with Crippen molar-refractivity contribution in [2.75, 3.05) is 17.7 Å². The SMILES string of the molecule is CCOC(=O)Nc1cc(N)ccn1. The minimum Gasteiger partial charge on any atom is -0.450 e. The summed E-state index contributed by atoms with van der Waals surface area (Å²) in [6, 6.07) is 3.19. The lowest BCUT2D eigenvalue weighted by atomic mass is 10.4. The molecule has 0 aliphatic heterocycles. The van der Waals surface area contributed by atoms with Crippen LogP contribution in [-0.2, 0) is 4.74 Å². The Balaban J connectivity index is 2.58. The highest BCUT2D eigenvalue weighted by molar-refractivity contribution is 5.83. The van der Waals surface area contributed by atoms with Crippen LogP contribution in [0.3, 0.4) is 0 Å². The van der Waals surface area contributed by atoms with Crippen molar-refractivity contribution in [2.24, 2.45) is 0 Å². The molecule has 0 saturated heterocycles. The first-order valence-electron chi connectivity index (χ1n) is 3.87. The second-order valence-corrected chi connectivity index (χ2v) is 2.32. The zero-order valence-electron chi connectivity index (χ0n) is 7.28. The molecular weight excluding hydrogens is 170 g/mol. The lowest BCUT2D eigenvalue weighted by Gasteiger charge is -2.03. The average Bonchev–Trinajstić information content (AvgIpc) is 2.04. The van der Waals surface area contributed by atoms with E-state index in [-0.39, 0.29) is 0 Å². The van der Waals surface area contributed by atoms with Crippen LogP contribution in [0.5, 0.6) is 0 Å². The molecule has 70 valence electrons. The number of pyridine rings is 1. The van der Waals surface area contributed by atoms with Crippen molar-refractivity contribution >= 4 is 17.6 Å². The van der Waals surface area contributed by atoms with E-state index in [1.807, 2.05) is 0 Å². The summed E-state index contributed by atoms with van der Waals surface area (Å²) in [5.41, 5.74) is 6.02. The number of carbonyl (C=O) groups excluding carboxylic acids is 1. The molecule has 5 nitrogen and oxygen atoms in total. The van der Waals surface area contributed by atoms with E-state index in [0.717, 1.165) is 0 Å². The highest BCUT2D eigenvalue weighted by Gasteiger charge is 2.01. The van der Waals surface area contributed by atoms with Crippen LogP contribution < -0.4 is 11.1 Å². The molecule has 1 amide bonds. The maximum Gasteiger partial charge on any atom is 0.412 e.